The lowest BCUT2D eigenvalue weighted by Crippen LogP contribution is -2.20. The number of rotatable bonds is 7. The summed E-state index contributed by atoms with van der Waals surface area (Å²) in [5, 5.41) is 12.8. The Morgan fingerprint density at radius 2 is 2.12 bits per heavy atom. The van der Waals surface area contributed by atoms with Gasteiger partial charge in [-0.3, -0.25) is 10.1 Å². The number of hydrogen-bond acceptors (Lipinski definition) is 7. The monoisotopic (exact) mass is 359 g/mol. The summed E-state index contributed by atoms with van der Waals surface area (Å²) in [4.78, 5) is 23.2. The highest BCUT2D eigenvalue weighted by molar-refractivity contribution is 7.15. The molecular formula is C17H17N3O4S. The van der Waals surface area contributed by atoms with Crippen LogP contribution in [0.2, 0.25) is 0 Å². The maximum atomic E-state index is 12.0. The fraction of sp³-hybridized carbons (Fsp3) is 0.294. The van der Waals surface area contributed by atoms with E-state index in [9.17, 15) is 9.59 Å². The normalized spacial score (nSPS) is 10.8. The molecule has 0 aliphatic heterocycles. The molecule has 130 valence electrons. The molecule has 0 saturated carbocycles. The summed E-state index contributed by atoms with van der Waals surface area (Å²) in [6.07, 6.45) is 2.99. The van der Waals surface area contributed by atoms with Crippen LogP contribution in [0.3, 0.4) is 0 Å². The summed E-state index contributed by atoms with van der Waals surface area (Å²) >= 11 is 1.37. The van der Waals surface area contributed by atoms with Gasteiger partial charge >= 0.3 is 5.63 Å². The Hall–Kier alpha value is -2.74. The number of aryl methyl sites for hydroxylation is 1. The van der Waals surface area contributed by atoms with Gasteiger partial charge in [0.15, 0.2) is 6.61 Å². The van der Waals surface area contributed by atoms with E-state index >= 15 is 0 Å². The molecule has 2 aromatic heterocycles. The highest BCUT2D eigenvalue weighted by atomic mass is 32.1. The highest BCUT2D eigenvalue weighted by Crippen LogP contribution is 2.20. The van der Waals surface area contributed by atoms with Crippen molar-refractivity contribution in [2.45, 2.75) is 26.2 Å². The van der Waals surface area contributed by atoms with Crippen LogP contribution in [0.4, 0.5) is 5.13 Å². The van der Waals surface area contributed by atoms with E-state index in [1.54, 1.807) is 24.3 Å². The van der Waals surface area contributed by atoms with Gasteiger partial charge in [-0.15, -0.1) is 10.2 Å². The van der Waals surface area contributed by atoms with Crippen molar-refractivity contribution in [3.05, 3.63) is 45.8 Å². The van der Waals surface area contributed by atoms with Crippen LogP contribution in [0.25, 0.3) is 11.0 Å². The molecule has 7 nitrogen and oxygen atoms in total. The number of nitrogens with zero attached hydrogens (tertiary/aromatic N) is 2. The van der Waals surface area contributed by atoms with Gasteiger partial charge in [0.1, 0.15) is 16.3 Å². The molecule has 0 saturated heterocycles. The number of benzene rings is 1. The Kier molecular flexibility index (Phi) is 5.39. The number of unbranched alkanes of at least 4 members (excludes halogenated alkanes) is 1. The summed E-state index contributed by atoms with van der Waals surface area (Å²) in [5.74, 6) is 0.116. The number of carbonyl (C=O) groups is 1. The quantitative estimate of drug-likeness (QED) is 0.652. The van der Waals surface area contributed by atoms with Gasteiger partial charge in [-0.25, -0.2) is 4.79 Å². The van der Waals surface area contributed by atoms with E-state index in [0.29, 0.717) is 16.5 Å². The van der Waals surface area contributed by atoms with Crippen LogP contribution >= 0.6 is 11.3 Å². The molecule has 0 aliphatic carbocycles. The van der Waals surface area contributed by atoms with Crippen molar-refractivity contribution in [3.63, 3.8) is 0 Å². The number of anilines is 1. The fourth-order valence-corrected chi connectivity index (χ4v) is 2.97. The Morgan fingerprint density at radius 3 is 2.96 bits per heavy atom. The second kappa shape index (κ2) is 7.89. The average Bonchev–Trinajstić information content (AvgIpc) is 3.05. The van der Waals surface area contributed by atoms with Gasteiger partial charge < -0.3 is 9.15 Å². The first-order valence-electron chi connectivity index (χ1n) is 7.93. The number of ether oxygens (including phenoxy) is 1. The van der Waals surface area contributed by atoms with Gasteiger partial charge in [-0.1, -0.05) is 24.7 Å². The summed E-state index contributed by atoms with van der Waals surface area (Å²) in [6.45, 7) is 1.94. The zero-order valence-electron chi connectivity index (χ0n) is 13.7. The zero-order valence-corrected chi connectivity index (χ0v) is 14.5. The molecule has 1 aromatic carbocycles. The highest BCUT2D eigenvalue weighted by Gasteiger charge is 2.09. The zero-order chi connectivity index (χ0) is 17.6. The van der Waals surface area contributed by atoms with Crippen molar-refractivity contribution in [1.29, 1.82) is 0 Å². The first kappa shape index (κ1) is 17.1. The number of amides is 1. The minimum atomic E-state index is -0.433. The maximum absolute atomic E-state index is 12.0. The molecule has 0 aliphatic rings. The molecule has 0 radical (unpaired) electrons. The third-order valence-corrected chi connectivity index (χ3v) is 4.32. The molecule has 0 bridgehead atoms. The molecular weight excluding hydrogens is 342 g/mol. The summed E-state index contributed by atoms with van der Waals surface area (Å²) in [7, 11) is 0. The lowest BCUT2D eigenvalue weighted by atomic mass is 10.2. The third kappa shape index (κ3) is 4.63. The molecule has 1 amide bonds. The average molecular weight is 359 g/mol. The topological polar surface area (TPSA) is 94.3 Å². The standard InChI is InChI=1S/C17H17N3O4S/c1-2-3-4-15-19-20-17(25-15)18-14(21)10-23-12-7-5-11-6-8-16(22)24-13(11)9-12/h5-9H,2-4,10H2,1H3,(H,18,20,21). The lowest BCUT2D eigenvalue weighted by Gasteiger charge is -2.06. The third-order valence-electron chi connectivity index (χ3n) is 3.42. The molecule has 2 heterocycles. The molecule has 3 rings (SSSR count). The van der Waals surface area contributed by atoms with Gasteiger partial charge in [0.25, 0.3) is 5.91 Å². The SMILES string of the molecule is CCCCc1nnc(NC(=O)COc2ccc3ccc(=O)oc3c2)s1. The van der Waals surface area contributed by atoms with Gasteiger partial charge in [-0.2, -0.15) is 0 Å². The molecule has 8 heteroatoms. The number of hydrogen-bond donors (Lipinski definition) is 1. The van der Waals surface area contributed by atoms with Crippen LogP contribution in [-0.4, -0.2) is 22.7 Å². The van der Waals surface area contributed by atoms with E-state index in [1.165, 1.54) is 17.4 Å². The second-order valence-electron chi connectivity index (χ2n) is 5.40. The first-order chi connectivity index (χ1) is 12.1. The molecule has 25 heavy (non-hydrogen) atoms. The van der Waals surface area contributed by atoms with E-state index in [0.717, 1.165) is 29.7 Å². The van der Waals surface area contributed by atoms with Gasteiger partial charge in [0, 0.05) is 23.9 Å². The summed E-state index contributed by atoms with van der Waals surface area (Å²) < 4.78 is 10.5. The predicted molar refractivity (Wildman–Crippen MR) is 95.1 cm³/mol. The van der Waals surface area contributed by atoms with Gasteiger partial charge in [0.05, 0.1) is 0 Å². The first-order valence-corrected chi connectivity index (χ1v) is 8.74. The largest absolute Gasteiger partial charge is 0.484 e. The van der Waals surface area contributed by atoms with Crippen LogP contribution in [0, 0.1) is 0 Å². The number of fused-ring (bicyclic) bond motifs is 1. The number of carbonyl (C=O) groups excluding carboxylic acids is 1. The van der Waals surface area contributed by atoms with Crippen LogP contribution < -0.4 is 15.7 Å². The fourth-order valence-electron chi connectivity index (χ4n) is 2.17. The van der Waals surface area contributed by atoms with Gasteiger partial charge in [0.2, 0.25) is 5.13 Å². The molecule has 0 atom stereocenters. The maximum Gasteiger partial charge on any atom is 0.336 e. The van der Waals surface area contributed by atoms with Crippen molar-refractivity contribution < 1.29 is 13.9 Å². The Morgan fingerprint density at radius 1 is 1.28 bits per heavy atom. The molecule has 0 fully saturated rings. The van der Waals surface area contributed by atoms with Crippen LogP contribution in [-0.2, 0) is 11.2 Å². The van der Waals surface area contributed by atoms with Crippen molar-refractivity contribution in [3.8, 4) is 5.75 Å². The van der Waals surface area contributed by atoms with Crippen LogP contribution in [0.1, 0.15) is 24.8 Å². The van der Waals surface area contributed by atoms with E-state index in [2.05, 4.69) is 22.4 Å². The Balaban J connectivity index is 1.56. The summed E-state index contributed by atoms with van der Waals surface area (Å²) in [6, 6.07) is 8.08. The van der Waals surface area contributed by atoms with Crippen molar-refractivity contribution >= 4 is 33.3 Å². The van der Waals surface area contributed by atoms with Crippen molar-refractivity contribution in [1.82, 2.24) is 10.2 Å². The minimum absolute atomic E-state index is 0.174. The molecule has 0 spiro atoms. The van der Waals surface area contributed by atoms with E-state index in [1.807, 2.05) is 0 Å². The smallest absolute Gasteiger partial charge is 0.336 e. The second-order valence-corrected chi connectivity index (χ2v) is 6.46. The van der Waals surface area contributed by atoms with Gasteiger partial charge in [-0.05, 0) is 24.6 Å². The lowest BCUT2D eigenvalue weighted by molar-refractivity contribution is -0.118. The van der Waals surface area contributed by atoms with E-state index < -0.39 is 5.63 Å². The van der Waals surface area contributed by atoms with E-state index in [-0.39, 0.29) is 12.5 Å². The Bertz CT molecular complexity index is 935. The Labute approximate surface area is 147 Å². The van der Waals surface area contributed by atoms with Crippen LogP contribution in [0.15, 0.2) is 39.5 Å². The summed E-state index contributed by atoms with van der Waals surface area (Å²) in [5.41, 5.74) is -0.0207. The van der Waals surface area contributed by atoms with Crippen LogP contribution in [0.5, 0.6) is 5.75 Å². The van der Waals surface area contributed by atoms with Crippen molar-refractivity contribution in [2.75, 3.05) is 11.9 Å². The molecule has 1 N–H and O–H groups in total. The molecule has 3 aromatic rings. The predicted octanol–water partition coefficient (Wildman–Crippen LogP) is 3.00. The molecule has 0 unspecified atom stereocenters. The minimum Gasteiger partial charge on any atom is -0.484 e. The number of nitrogens with one attached hydrogen (secondary N) is 1. The van der Waals surface area contributed by atoms with Crippen molar-refractivity contribution in [2.24, 2.45) is 0 Å². The van der Waals surface area contributed by atoms with E-state index in [4.69, 9.17) is 9.15 Å². The number of aromatic nitrogens is 2.